The van der Waals surface area contributed by atoms with E-state index in [1.807, 2.05) is 0 Å². The third-order valence-electron chi connectivity index (χ3n) is 3.78. The molecule has 2 heterocycles. The van der Waals surface area contributed by atoms with Crippen molar-refractivity contribution in [3.05, 3.63) is 57.5 Å². The van der Waals surface area contributed by atoms with Crippen LogP contribution in [0.1, 0.15) is 31.0 Å². The van der Waals surface area contributed by atoms with E-state index in [2.05, 4.69) is 4.74 Å². The van der Waals surface area contributed by atoms with Gasteiger partial charge in [0.25, 0.3) is 5.91 Å². The molecule has 0 radical (unpaired) electrons. The van der Waals surface area contributed by atoms with Gasteiger partial charge in [-0.3, -0.25) is 4.79 Å². The molecule has 1 atom stereocenters. The maximum absolute atomic E-state index is 13.4. The summed E-state index contributed by atoms with van der Waals surface area (Å²) in [4.78, 5) is 26.6. The van der Waals surface area contributed by atoms with Crippen LogP contribution in [-0.4, -0.2) is 43.6 Å². The molecule has 7 heteroatoms. The summed E-state index contributed by atoms with van der Waals surface area (Å²) in [6, 6.07) is 9.38. The summed E-state index contributed by atoms with van der Waals surface area (Å²) >= 11 is 1.10. The number of ether oxygens (including phenoxy) is 2. The minimum atomic E-state index is -0.460. The van der Waals surface area contributed by atoms with Gasteiger partial charge in [0, 0.05) is 6.54 Å². The second-order valence-electron chi connectivity index (χ2n) is 5.32. The van der Waals surface area contributed by atoms with Crippen LogP contribution in [0, 0.1) is 5.82 Å². The van der Waals surface area contributed by atoms with Crippen molar-refractivity contribution in [1.29, 1.82) is 0 Å². The molecule has 3 rings (SSSR count). The summed E-state index contributed by atoms with van der Waals surface area (Å²) in [6.07, 6.45) is -0.363. The van der Waals surface area contributed by atoms with Crippen LogP contribution in [0.5, 0.6) is 0 Å². The van der Waals surface area contributed by atoms with Crippen LogP contribution < -0.4 is 0 Å². The molecule has 126 valence electrons. The first-order valence-corrected chi connectivity index (χ1v) is 8.24. The van der Waals surface area contributed by atoms with E-state index in [-0.39, 0.29) is 17.8 Å². The van der Waals surface area contributed by atoms with Crippen LogP contribution in [-0.2, 0) is 9.47 Å². The van der Waals surface area contributed by atoms with E-state index in [1.54, 1.807) is 29.2 Å². The number of halogens is 1. The first-order chi connectivity index (χ1) is 11.6. The van der Waals surface area contributed by atoms with E-state index in [4.69, 9.17) is 4.74 Å². The lowest BCUT2D eigenvalue weighted by atomic mass is 10.1. The lowest BCUT2D eigenvalue weighted by Crippen LogP contribution is -2.42. The highest BCUT2D eigenvalue weighted by Gasteiger charge is 2.27. The van der Waals surface area contributed by atoms with Crippen LogP contribution in [0.3, 0.4) is 0 Å². The molecular formula is C17H16FNO4S. The predicted molar refractivity (Wildman–Crippen MR) is 86.7 cm³/mol. The third kappa shape index (κ3) is 3.47. The third-order valence-corrected chi connectivity index (χ3v) is 4.83. The number of hydrogen-bond acceptors (Lipinski definition) is 5. The largest absolute Gasteiger partial charge is 0.465 e. The van der Waals surface area contributed by atoms with Gasteiger partial charge in [0.15, 0.2) is 0 Å². The molecule has 0 aliphatic carbocycles. The average molecular weight is 349 g/mol. The Morgan fingerprint density at radius 3 is 2.83 bits per heavy atom. The lowest BCUT2D eigenvalue weighted by Gasteiger charge is -2.33. The first kappa shape index (κ1) is 16.6. The summed E-state index contributed by atoms with van der Waals surface area (Å²) in [5, 5.41) is 0. The second-order valence-corrected chi connectivity index (χ2v) is 6.40. The van der Waals surface area contributed by atoms with Crippen LogP contribution in [0.2, 0.25) is 0 Å². The monoisotopic (exact) mass is 349 g/mol. The lowest BCUT2D eigenvalue weighted by molar-refractivity contribution is -0.0227. The molecule has 1 fully saturated rings. The fourth-order valence-corrected chi connectivity index (χ4v) is 3.45. The zero-order valence-electron chi connectivity index (χ0n) is 13.0. The maximum atomic E-state index is 13.4. The predicted octanol–water partition coefficient (Wildman–Crippen LogP) is 2.89. The number of carbonyl (C=O) groups excluding carboxylic acids is 2. The SMILES string of the molecule is COC(=O)c1ccc(C(=O)N2CCO[C@H](c3cccc(F)c3)C2)s1. The molecule has 1 amide bonds. The van der Waals surface area contributed by atoms with Gasteiger partial charge in [0.05, 0.1) is 25.1 Å². The van der Waals surface area contributed by atoms with E-state index in [9.17, 15) is 14.0 Å². The van der Waals surface area contributed by atoms with E-state index in [0.29, 0.717) is 35.0 Å². The fourth-order valence-electron chi connectivity index (χ4n) is 2.56. The van der Waals surface area contributed by atoms with Crippen molar-refractivity contribution in [2.24, 2.45) is 0 Å². The molecule has 1 saturated heterocycles. The zero-order chi connectivity index (χ0) is 17.1. The van der Waals surface area contributed by atoms with E-state index >= 15 is 0 Å². The van der Waals surface area contributed by atoms with Crippen molar-refractivity contribution in [2.75, 3.05) is 26.8 Å². The Bertz CT molecular complexity index is 761. The van der Waals surface area contributed by atoms with Gasteiger partial charge < -0.3 is 14.4 Å². The second kappa shape index (κ2) is 7.11. The minimum absolute atomic E-state index is 0.167. The summed E-state index contributed by atoms with van der Waals surface area (Å²) in [6.45, 7) is 1.17. The number of hydrogen-bond donors (Lipinski definition) is 0. The van der Waals surface area contributed by atoms with Gasteiger partial charge in [-0.15, -0.1) is 11.3 Å². The van der Waals surface area contributed by atoms with Crippen LogP contribution in [0.4, 0.5) is 4.39 Å². The molecule has 2 aromatic rings. The van der Waals surface area contributed by atoms with Gasteiger partial charge in [0.1, 0.15) is 16.8 Å². The summed E-state index contributed by atoms with van der Waals surface area (Å²) in [5.41, 5.74) is 0.703. The summed E-state index contributed by atoms with van der Waals surface area (Å²) in [7, 11) is 1.30. The number of morpholine rings is 1. The van der Waals surface area contributed by atoms with Crippen molar-refractivity contribution in [1.82, 2.24) is 4.90 Å². The number of esters is 1. The van der Waals surface area contributed by atoms with Crippen LogP contribution in [0.25, 0.3) is 0 Å². The molecule has 1 aliphatic rings. The Hall–Kier alpha value is -2.25. The average Bonchev–Trinajstić information content (AvgIpc) is 3.10. The van der Waals surface area contributed by atoms with Crippen molar-refractivity contribution >= 4 is 23.2 Å². The van der Waals surface area contributed by atoms with Gasteiger partial charge >= 0.3 is 5.97 Å². The van der Waals surface area contributed by atoms with Gasteiger partial charge in [-0.2, -0.15) is 0 Å². The number of methoxy groups -OCH3 is 1. The van der Waals surface area contributed by atoms with Gasteiger partial charge in [-0.05, 0) is 29.8 Å². The molecule has 0 unspecified atom stereocenters. The van der Waals surface area contributed by atoms with E-state index in [1.165, 1.54) is 19.2 Å². The molecule has 1 aromatic heterocycles. The molecule has 0 bridgehead atoms. The van der Waals surface area contributed by atoms with Crippen LogP contribution in [0.15, 0.2) is 36.4 Å². The molecule has 5 nitrogen and oxygen atoms in total. The number of rotatable bonds is 3. The van der Waals surface area contributed by atoms with Crippen molar-refractivity contribution in [2.45, 2.75) is 6.10 Å². The summed E-state index contributed by atoms with van der Waals surface area (Å²) in [5.74, 6) is -0.959. The summed E-state index contributed by atoms with van der Waals surface area (Å²) < 4.78 is 23.7. The van der Waals surface area contributed by atoms with Crippen molar-refractivity contribution < 1.29 is 23.5 Å². The minimum Gasteiger partial charge on any atom is -0.465 e. The van der Waals surface area contributed by atoms with Crippen molar-refractivity contribution in [3.63, 3.8) is 0 Å². The molecule has 24 heavy (non-hydrogen) atoms. The molecule has 1 aliphatic heterocycles. The first-order valence-electron chi connectivity index (χ1n) is 7.43. The van der Waals surface area contributed by atoms with Gasteiger partial charge in [-0.1, -0.05) is 12.1 Å². The van der Waals surface area contributed by atoms with E-state index in [0.717, 1.165) is 11.3 Å². The molecular weight excluding hydrogens is 333 g/mol. The quantitative estimate of drug-likeness (QED) is 0.800. The Labute approximate surface area is 142 Å². The Kier molecular flexibility index (Phi) is 4.92. The van der Waals surface area contributed by atoms with Crippen molar-refractivity contribution in [3.8, 4) is 0 Å². The number of thiophene rings is 1. The highest BCUT2D eigenvalue weighted by molar-refractivity contribution is 7.15. The number of benzene rings is 1. The smallest absolute Gasteiger partial charge is 0.348 e. The highest BCUT2D eigenvalue weighted by atomic mass is 32.1. The van der Waals surface area contributed by atoms with Gasteiger partial charge in [-0.25, -0.2) is 9.18 Å². The normalized spacial score (nSPS) is 17.6. The fraction of sp³-hybridized carbons (Fsp3) is 0.294. The van der Waals surface area contributed by atoms with E-state index < -0.39 is 5.97 Å². The molecule has 0 saturated carbocycles. The zero-order valence-corrected chi connectivity index (χ0v) is 13.8. The topological polar surface area (TPSA) is 55.8 Å². The highest BCUT2D eigenvalue weighted by Crippen LogP contribution is 2.26. The standard InChI is InChI=1S/C17H16FNO4S/c1-22-17(21)15-6-5-14(24-15)16(20)19-7-8-23-13(10-19)11-3-2-4-12(18)9-11/h2-6,9,13H,7-8,10H2,1H3/t13-/m0/s1. The Morgan fingerprint density at radius 2 is 2.08 bits per heavy atom. The number of nitrogens with zero attached hydrogens (tertiary/aromatic N) is 1. The van der Waals surface area contributed by atoms with Crippen LogP contribution >= 0.6 is 11.3 Å². The molecule has 0 spiro atoms. The number of amides is 1. The Balaban J connectivity index is 1.73. The Morgan fingerprint density at radius 1 is 1.29 bits per heavy atom. The number of carbonyl (C=O) groups is 2. The molecule has 0 N–H and O–H groups in total. The molecule has 1 aromatic carbocycles. The maximum Gasteiger partial charge on any atom is 0.348 e. The van der Waals surface area contributed by atoms with Gasteiger partial charge in [0.2, 0.25) is 0 Å².